The van der Waals surface area contributed by atoms with Crippen molar-refractivity contribution in [2.45, 2.75) is 32.6 Å². The van der Waals surface area contributed by atoms with Gasteiger partial charge in [0.15, 0.2) is 0 Å². The smallest absolute Gasteiger partial charge is 0.0640 e. The van der Waals surface area contributed by atoms with Gasteiger partial charge in [-0.15, -0.1) is 22.7 Å². The molecular weight excluding hydrogens is 609 g/mol. The van der Waals surface area contributed by atoms with E-state index in [9.17, 15) is 0 Å². The normalized spacial score (nSPS) is 13.7. The van der Waals surface area contributed by atoms with Gasteiger partial charge >= 0.3 is 0 Å². The minimum Gasteiger partial charge on any atom is -0.312 e. The van der Waals surface area contributed by atoms with E-state index in [1.54, 1.807) is 0 Å². The summed E-state index contributed by atoms with van der Waals surface area (Å²) in [7, 11) is 0. The number of fused-ring (bicyclic) bond motifs is 10. The lowest BCUT2D eigenvalue weighted by Gasteiger charge is -2.16. The molecule has 0 spiro atoms. The van der Waals surface area contributed by atoms with E-state index in [0.29, 0.717) is 0 Å². The van der Waals surface area contributed by atoms with Crippen LogP contribution in [0.2, 0.25) is 0 Å². The lowest BCUT2D eigenvalue weighted by Crippen LogP contribution is -2.07. The maximum absolute atomic E-state index is 4.19. The van der Waals surface area contributed by atoms with Gasteiger partial charge in [-0.3, -0.25) is 0 Å². The predicted molar refractivity (Wildman–Crippen MR) is 207 cm³/mol. The number of hydrogen-bond acceptors (Lipinski definition) is 2. The third-order valence-electron chi connectivity index (χ3n) is 10.2. The Kier molecular flexibility index (Phi) is 5.97. The highest BCUT2D eigenvalue weighted by molar-refractivity contribution is 7.26. The summed E-state index contributed by atoms with van der Waals surface area (Å²) in [5.74, 6) is 0. The van der Waals surface area contributed by atoms with Crippen LogP contribution in [-0.2, 0) is 12.8 Å². The van der Waals surface area contributed by atoms with Crippen LogP contribution < -0.4 is 0 Å². The zero-order valence-electron chi connectivity index (χ0n) is 26.2. The Morgan fingerprint density at radius 3 is 2.15 bits per heavy atom. The molecule has 0 amide bonds. The van der Waals surface area contributed by atoms with Crippen LogP contribution in [0.5, 0.6) is 0 Å². The number of thiophene rings is 2. The molecule has 9 aromatic rings. The van der Waals surface area contributed by atoms with Crippen LogP contribution in [0.1, 0.15) is 41.5 Å². The molecule has 0 saturated carbocycles. The molecular formula is C43H32N2S2. The molecule has 10 rings (SSSR count). The molecule has 0 bridgehead atoms. The summed E-state index contributed by atoms with van der Waals surface area (Å²) in [6.07, 6.45) is 11.1. The van der Waals surface area contributed by atoms with E-state index >= 15 is 0 Å². The number of benzene rings is 5. The molecule has 4 aromatic heterocycles. The molecule has 0 atom stereocenters. The van der Waals surface area contributed by atoms with E-state index < -0.39 is 0 Å². The second-order valence-corrected chi connectivity index (χ2v) is 14.8. The van der Waals surface area contributed by atoms with Gasteiger partial charge in [0.05, 0.1) is 37.3 Å². The number of nitrogens with zero attached hydrogens (tertiary/aromatic N) is 2. The van der Waals surface area contributed by atoms with Crippen molar-refractivity contribution in [3.05, 3.63) is 131 Å². The lowest BCUT2D eigenvalue weighted by atomic mass is 9.95. The number of rotatable bonds is 4. The Morgan fingerprint density at radius 2 is 1.30 bits per heavy atom. The zero-order chi connectivity index (χ0) is 31.2. The molecule has 0 unspecified atom stereocenters. The van der Waals surface area contributed by atoms with Gasteiger partial charge in [0.1, 0.15) is 0 Å². The van der Waals surface area contributed by atoms with Crippen molar-refractivity contribution >= 4 is 97.8 Å². The van der Waals surface area contributed by atoms with E-state index in [-0.39, 0.29) is 0 Å². The molecule has 0 N–H and O–H groups in total. The van der Waals surface area contributed by atoms with Crippen LogP contribution in [-0.4, -0.2) is 9.13 Å². The maximum Gasteiger partial charge on any atom is 0.0640 e. The minimum atomic E-state index is 1.11. The van der Waals surface area contributed by atoms with Gasteiger partial charge in [-0.1, -0.05) is 79.4 Å². The van der Waals surface area contributed by atoms with E-state index in [1.165, 1.54) is 109 Å². The Bertz CT molecular complexity index is 2780. The van der Waals surface area contributed by atoms with Crippen LogP contribution in [0.3, 0.4) is 0 Å². The van der Waals surface area contributed by atoms with Crippen LogP contribution in [0.25, 0.3) is 86.5 Å². The number of aromatic nitrogens is 2. The molecule has 1 aliphatic rings. The zero-order valence-corrected chi connectivity index (χ0v) is 27.8. The highest BCUT2D eigenvalue weighted by atomic mass is 32.1. The summed E-state index contributed by atoms with van der Waals surface area (Å²) in [6, 6.07) is 36.5. The summed E-state index contributed by atoms with van der Waals surface area (Å²) in [4.78, 5) is 1.27. The third-order valence-corrected chi connectivity index (χ3v) is 12.6. The predicted octanol–water partition coefficient (Wildman–Crippen LogP) is 12.9. The summed E-state index contributed by atoms with van der Waals surface area (Å²) in [5, 5.41) is 7.96. The Morgan fingerprint density at radius 1 is 0.617 bits per heavy atom. The summed E-state index contributed by atoms with van der Waals surface area (Å²) >= 11 is 3.79. The third kappa shape index (κ3) is 3.77. The van der Waals surface area contributed by atoms with Crippen molar-refractivity contribution in [1.29, 1.82) is 0 Å². The van der Waals surface area contributed by atoms with E-state index in [0.717, 1.165) is 12.8 Å². The molecule has 2 nitrogen and oxygen atoms in total. The van der Waals surface area contributed by atoms with Gasteiger partial charge in [0, 0.05) is 47.6 Å². The highest BCUT2D eigenvalue weighted by Crippen LogP contribution is 2.45. The summed E-state index contributed by atoms with van der Waals surface area (Å²) in [6.45, 7) is 6.29. The number of allylic oxidation sites excluding steroid dienone is 1. The number of hydrogen-bond donors (Lipinski definition) is 0. The summed E-state index contributed by atoms with van der Waals surface area (Å²) < 4.78 is 9.17. The monoisotopic (exact) mass is 640 g/mol. The van der Waals surface area contributed by atoms with Gasteiger partial charge in [0.25, 0.3) is 0 Å². The first-order valence-electron chi connectivity index (χ1n) is 16.6. The fourth-order valence-electron chi connectivity index (χ4n) is 8.25. The largest absolute Gasteiger partial charge is 0.312 e. The molecule has 226 valence electrons. The molecule has 0 fully saturated rings. The van der Waals surface area contributed by atoms with E-state index in [1.807, 2.05) is 28.7 Å². The van der Waals surface area contributed by atoms with Crippen LogP contribution in [0.15, 0.2) is 110 Å². The Balaban J connectivity index is 1.33. The Hall–Kier alpha value is -4.90. The second-order valence-electron chi connectivity index (χ2n) is 12.7. The van der Waals surface area contributed by atoms with Gasteiger partial charge in [0.2, 0.25) is 0 Å². The second kappa shape index (κ2) is 10.3. The number of para-hydroxylation sites is 1. The van der Waals surface area contributed by atoms with Gasteiger partial charge < -0.3 is 9.13 Å². The average Bonchev–Trinajstić information content (AvgIpc) is 3.85. The summed E-state index contributed by atoms with van der Waals surface area (Å²) in [5.41, 5.74) is 10.7. The molecule has 4 heterocycles. The molecule has 0 saturated heterocycles. The highest BCUT2D eigenvalue weighted by Gasteiger charge is 2.25. The Labute approximate surface area is 281 Å². The molecule has 5 aromatic carbocycles. The topological polar surface area (TPSA) is 9.86 Å². The van der Waals surface area contributed by atoms with Crippen LogP contribution in [0, 0.1) is 0 Å². The average molecular weight is 641 g/mol. The van der Waals surface area contributed by atoms with Crippen molar-refractivity contribution in [2.75, 3.05) is 0 Å². The SMILES string of the molecule is C=Cc1c(/C=C\C)sc2c(-n3c4c(c5cc6c(cc53)c3ccccc3n6-c3cccc5c3sc3ccccc35)CCCC4)cccc12. The van der Waals surface area contributed by atoms with Gasteiger partial charge in [-0.2, -0.15) is 0 Å². The molecule has 1 aliphatic carbocycles. The fraction of sp³-hybridized carbons (Fsp3) is 0.116. The molecule has 0 radical (unpaired) electrons. The first-order valence-corrected chi connectivity index (χ1v) is 18.2. The fourth-order valence-corrected chi connectivity index (χ4v) is 10.7. The van der Waals surface area contributed by atoms with E-state index in [2.05, 4.69) is 132 Å². The minimum absolute atomic E-state index is 1.11. The number of aryl methyl sites for hydroxylation is 1. The van der Waals surface area contributed by atoms with Crippen molar-refractivity contribution in [3.63, 3.8) is 0 Å². The van der Waals surface area contributed by atoms with Crippen LogP contribution in [0.4, 0.5) is 0 Å². The van der Waals surface area contributed by atoms with Gasteiger partial charge in [-0.25, -0.2) is 0 Å². The van der Waals surface area contributed by atoms with Crippen molar-refractivity contribution in [1.82, 2.24) is 9.13 Å². The first kappa shape index (κ1) is 27.2. The molecule has 47 heavy (non-hydrogen) atoms. The van der Waals surface area contributed by atoms with Crippen molar-refractivity contribution < 1.29 is 0 Å². The van der Waals surface area contributed by atoms with Gasteiger partial charge in [-0.05, 0) is 86.2 Å². The lowest BCUT2D eigenvalue weighted by molar-refractivity contribution is 0.667. The van der Waals surface area contributed by atoms with Crippen molar-refractivity contribution in [3.8, 4) is 11.4 Å². The van der Waals surface area contributed by atoms with Crippen molar-refractivity contribution in [2.24, 2.45) is 0 Å². The van der Waals surface area contributed by atoms with E-state index in [4.69, 9.17) is 0 Å². The quantitative estimate of drug-likeness (QED) is 0.181. The standard InChI is InChI=1S/C43H32N2S2/c1-3-13-40-26(4-2)30-17-11-21-36(42(30)46-40)44-34-19-8-5-14-27(34)32-25-39-33(24-38(32)44)28-15-6-9-20-35(28)45(39)37-22-12-18-31-29-16-7-10-23-41(29)47-43(31)37/h3-4,6-7,9-13,15-18,20-25H,2,5,8,14,19H2,1H3/b13-3-. The molecule has 4 heteroatoms. The van der Waals surface area contributed by atoms with Crippen LogP contribution >= 0.6 is 22.7 Å². The first-order chi connectivity index (χ1) is 23.2. The molecule has 0 aliphatic heterocycles. The maximum atomic E-state index is 4.19.